The molecule has 1 aliphatic rings. The largest absolute Gasteiger partial charge is 0.497 e. The van der Waals surface area contributed by atoms with E-state index in [4.69, 9.17) is 9.31 Å². The number of rotatable bonds is 2. The molecule has 0 aliphatic carbocycles. The van der Waals surface area contributed by atoms with Gasteiger partial charge in [0.1, 0.15) is 11.6 Å². The SMILES string of the molecule is CC1(C)OB(c2cc(F)c(C(F)F)cc2F)OC1(C)C. The first-order chi connectivity index (χ1) is 9.05. The zero-order valence-corrected chi connectivity index (χ0v) is 11.6. The average Bonchev–Trinajstić information content (AvgIpc) is 2.50. The van der Waals surface area contributed by atoms with E-state index in [0.29, 0.717) is 12.1 Å². The van der Waals surface area contributed by atoms with Gasteiger partial charge in [-0.05, 0) is 39.8 Å². The molecule has 20 heavy (non-hydrogen) atoms. The van der Waals surface area contributed by atoms with E-state index in [1.54, 1.807) is 27.7 Å². The molecule has 0 N–H and O–H groups in total. The zero-order valence-electron chi connectivity index (χ0n) is 11.6. The molecule has 1 aromatic carbocycles. The lowest BCUT2D eigenvalue weighted by atomic mass is 9.78. The molecule has 0 unspecified atom stereocenters. The van der Waals surface area contributed by atoms with Crippen LogP contribution in [0.4, 0.5) is 17.6 Å². The Balaban J connectivity index is 2.39. The van der Waals surface area contributed by atoms with E-state index < -0.39 is 41.9 Å². The molecule has 1 fully saturated rings. The molecule has 1 aliphatic heterocycles. The molecule has 7 heteroatoms. The highest BCUT2D eigenvalue weighted by molar-refractivity contribution is 6.62. The van der Waals surface area contributed by atoms with Gasteiger partial charge in [0.2, 0.25) is 0 Å². The van der Waals surface area contributed by atoms with E-state index in [9.17, 15) is 17.6 Å². The first-order valence-corrected chi connectivity index (χ1v) is 6.18. The number of halogens is 4. The maximum atomic E-state index is 13.9. The Bertz CT molecular complexity index is 515. The van der Waals surface area contributed by atoms with Gasteiger partial charge in [-0.1, -0.05) is 0 Å². The summed E-state index contributed by atoms with van der Waals surface area (Å²) in [6.07, 6.45) is -3.07. The van der Waals surface area contributed by atoms with Crippen LogP contribution in [0.15, 0.2) is 12.1 Å². The summed E-state index contributed by atoms with van der Waals surface area (Å²) in [6, 6.07) is 1.19. The summed E-state index contributed by atoms with van der Waals surface area (Å²) >= 11 is 0. The van der Waals surface area contributed by atoms with E-state index in [1.807, 2.05) is 0 Å². The van der Waals surface area contributed by atoms with Crippen molar-refractivity contribution >= 4 is 12.6 Å². The quantitative estimate of drug-likeness (QED) is 0.615. The molecule has 0 spiro atoms. The Hall–Kier alpha value is -1.08. The van der Waals surface area contributed by atoms with Gasteiger partial charge in [0, 0.05) is 5.46 Å². The first-order valence-electron chi connectivity index (χ1n) is 6.18. The predicted octanol–water partition coefficient (Wildman–Crippen LogP) is 3.20. The molecule has 0 amide bonds. The van der Waals surface area contributed by atoms with Crippen LogP contribution in [0.2, 0.25) is 0 Å². The molecule has 2 nitrogen and oxygen atoms in total. The van der Waals surface area contributed by atoms with Crippen LogP contribution >= 0.6 is 0 Å². The Morgan fingerprint density at radius 1 is 0.950 bits per heavy atom. The summed E-state index contributed by atoms with van der Waals surface area (Å²) in [5.74, 6) is -2.15. The lowest BCUT2D eigenvalue weighted by Crippen LogP contribution is -2.41. The fourth-order valence-corrected chi connectivity index (χ4v) is 1.90. The highest BCUT2D eigenvalue weighted by Gasteiger charge is 2.52. The third-order valence-electron chi connectivity index (χ3n) is 3.86. The number of alkyl halides is 2. The fourth-order valence-electron chi connectivity index (χ4n) is 1.90. The summed E-state index contributed by atoms with van der Waals surface area (Å²) in [7, 11) is -1.12. The molecule has 110 valence electrons. The van der Waals surface area contributed by atoms with Gasteiger partial charge in [0.25, 0.3) is 6.43 Å². The molecule has 2 rings (SSSR count). The van der Waals surface area contributed by atoms with Gasteiger partial charge in [-0.25, -0.2) is 17.6 Å². The summed E-state index contributed by atoms with van der Waals surface area (Å²) in [5.41, 5.74) is -2.63. The van der Waals surface area contributed by atoms with Crippen LogP contribution in [0.3, 0.4) is 0 Å². The maximum Gasteiger partial charge on any atom is 0.497 e. The second-order valence-electron chi connectivity index (χ2n) is 5.78. The second-order valence-corrected chi connectivity index (χ2v) is 5.78. The molecular weight excluding hydrogens is 275 g/mol. The Labute approximate surface area is 115 Å². The minimum Gasteiger partial charge on any atom is -0.399 e. The predicted molar refractivity (Wildman–Crippen MR) is 67.0 cm³/mol. The van der Waals surface area contributed by atoms with Gasteiger partial charge in [-0.3, -0.25) is 0 Å². The third-order valence-corrected chi connectivity index (χ3v) is 3.86. The summed E-state index contributed by atoms with van der Waals surface area (Å²) in [6.45, 7) is 7.03. The third kappa shape index (κ3) is 2.44. The molecule has 0 radical (unpaired) electrons. The molecule has 1 aromatic rings. The molecule has 0 saturated carbocycles. The van der Waals surface area contributed by atoms with E-state index in [2.05, 4.69) is 0 Å². The van der Waals surface area contributed by atoms with Crippen LogP contribution in [0, 0.1) is 11.6 Å². The van der Waals surface area contributed by atoms with Crippen molar-refractivity contribution < 1.29 is 26.9 Å². The van der Waals surface area contributed by atoms with Gasteiger partial charge in [-0.15, -0.1) is 0 Å². The van der Waals surface area contributed by atoms with Gasteiger partial charge in [0.05, 0.1) is 16.8 Å². The fraction of sp³-hybridized carbons (Fsp3) is 0.538. The lowest BCUT2D eigenvalue weighted by Gasteiger charge is -2.32. The Kier molecular flexibility index (Phi) is 3.63. The average molecular weight is 290 g/mol. The topological polar surface area (TPSA) is 18.5 Å². The van der Waals surface area contributed by atoms with Crippen LogP contribution in [0.1, 0.15) is 39.7 Å². The maximum absolute atomic E-state index is 13.9. The lowest BCUT2D eigenvalue weighted by molar-refractivity contribution is 0.00578. The van der Waals surface area contributed by atoms with Crippen molar-refractivity contribution in [1.82, 2.24) is 0 Å². The minimum atomic E-state index is -3.07. The summed E-state index contributed by atoms with van der Waals surface area (Å²) < 4.78 is 63.6. The van der Waals surface area contributed by atoms with Crippen LogP contribution in [0.25, 0.3) is 0 Å². The summed E-state index contributed by atoms with van der Waals surface area (Å²) in [4.78, 5) is 0. The van der Waals surface area contributed by atoms with Crippen molar-refractivity contribution in [3.05, 3.63) is 29.3 Å². The van der Waals surface area contributed by atoms with Crippen molar-refractivity contribution in [3.8, 4) is 0 Å². The van der Waals surface area contributed by atoms with E-state index in [0.717, 1.165) is 0 Å². The standard InChI is InChI=1S/C13H15BF4O2/c1-12(2)13(3,4)20-14(19-12)8-6-9(15)7(11(17)18)5-10(8)16/h5-6,11H,1-4H3. The zero-order chi connectivity index (χ0) is 15.3. The van der Waals surface area contributed by atoms with Gasteiger partial charge in [0.15, 0.2) is 0 Å². The van der Waals surface area contributed by atoms with E-state index >= 15 is 0 Å². The van der Waals surface area contributed by atoms with Gasteiger partial charge < -0.3 is 9.31 Å². The van der Waals surface area contributed by atoms with Crippen molar-refractivity contribution in [1.29, 1.82) is 0 Å². The molecule has 0 atom stereocenters. The molecular formula is C13H15BF4O2. The van der Waals surface area contributed by atoms with Crippen LogP contribution in [-0.2, 0) is 9.31 Å². The number of hydrogen-bond donors (Lipinski definition) is 0. The van der Waals surface area contributed by atoms with E-state index in [1.165, 1.54) is 0 Å². The van der Waals surface area contributed by atoms with Crippen LogP contribution in [0.5, 0.6) is 0 Å². The minimum absolute atomic E-state index is 0.217. The second kappa shape index (κ2) is 4.74. The Morgan fingerprint density at radius 2 is 1.45 bits per heavy atom. The highest BCUT2D eigenvalue weighted by atomic mass is 19.3. The highest BCUT2D eigenvalue weighted by Crippen LogP contribution is 2.37. The summed E-state index contributed by atoms with van der Waals surface area (Å²) in [5, 5.41) is 0. The van der Waals surface area contributed by atoms with Crippen LogP contribution in [-0.4, -0.2) is 18.3 Å². The van der Waals surface area contributed by atoms with Crippen LogP contribution < -0.4 is 5.46 Å². The molecule has 0 bridgehead atoms. The van der Waals surface area contributed by atoms with Crippen molar-refractivity contribution in [2.45, 2.75) is 45.3 Å². The Morgan fingerprint density at radius 3 is 1.90 bits per heavy atom. The number of hydrogen-bond acceptors (Lipinski definition) is 2. The molecule has 1 saturated heterocycles. The molecule has 1 heterocycles. The van der Waals surface area contributed by atoms with Crippen molar-refractivity contribution in [3.63, 3.8) is 0 Å². The normalized spacial score (nSPS) is 20.8. The smallest absolute Gasteiger partial charge is 0.399 e. The van der Waals surface area contributed by atoms with Gasteiger partial charge >= 0.3 is 7.12 Å². The first kappa shape index (κ1) is 15.3. The van der Waals surface area contributed by atoms with E-state index in [-0.39, 0.29) is 5.46 Å². The monoisotopic (exact) mass is 290 g/mol. The molecule has 0 aromatic heterocycles. The number of benzene rings is 1. The van der Waals surface area contributed by atoms with Gasteiger partial charge in [-0.2, -0.15) is 0 Å². The van der Waals surface area contributed by atoms with Crippen molar-refractivity contribution in [2.75, 3.05) is 0 Å². The van der Waals surface area contributed by atoms with Crippen molar-refractivity contribution in [2.24, 2.45) is 0 Å².